The van der Waals surface area contributed by atoms with Crippen LogP contribution in [0.1, 0.15) is 126 Å². The van der Waals surface area contributed by atoms with Crippen LogP contribution in [0.5, 0.6) is 0 Å². The number of nitrogens with zero attached hydrogens (tertiary/aromatic N) is 1. The maximum absolute atomic E-state index is 6.89. The molecule has 0 amide bonds. The van der Waals surface area contributed by atoms with Gasteiger partial charge in [0.2, 0.25) is 0 Å². The van der Waals surface area contributed by atoms with Crippen molar-refractivity contribution in [2.75, 3.05) is 11.4 Å². The normalized spacial score (nSPS) is 17.2. The molecule has 45 heavy (non-hydrogen) atoms. The molecule has 0 bridgehead atoms. The number of allylic oxidation sites excluding steroid dienone is 8. The van der Waals surface area contributed by atoms with E-state index in [1.54, 1.807) is 0 Å². The second-order valence-electron chi connectivity index (χ2n) is 10.4. The molecule has 2 heteroatoms. The van der Waals surface area contributed by atoms with Crippen LogP contribution in [-0.4, -0.2) is 6.54 Å². The fourth-order valence-electron chi connectivity index (χ4n) is 5.62. The highest BCUT2D eigenvalue weighted by Gasteiger charge is 2.39. The van der Waals surface area contributed by atoms with Crippen molar-refractivity contribution in [2.24, 2.45) is 0 Å². The lowest BCUT2D eigenvalue weighted by Crippen LogP contribution is -2.25. The van der Waals surface area contributed by atoms with Crippen LogP contribution in [0.25, 0.3) is 0 Å². The van der Waals surface area contributed by atoms with Crippen molar-refractivity contribution in [1.82, 2.24) is 0 Å². The Morgan fingerprint density at radius 1 is 0.911 bits per heavy atom. The van der Waals surface area contributed by atoms with Gasteiger partial charge in [-0.05, 0) is 80.5 Å². The highest BCUT2D eigenvalue weighted by molar-refractivity contribution is 5.71. The lowest BCUT2D eigenvalue weighted by atomic mass is 9.83. The Labute approximate surface area is 279 Å². The third-order valence-corrected chi connectivity index (χ3v) is 7.63. The Balaban J connectivity index is 0.00000224. The number of hydrogen-bond donors (Lipinski definition) is 0. The Bertz CT molecular complexity index is 1300. The highest BCUT2D eigenvalue weighted by atomic mass is 16.5. The minimum Gasteiger partial charge on any atom is -0.480 e. The molecule has 2 aromatic rings. The van der Waals surface area contributed by atoms with E-state index in [-0.39, 0.29) is 11.5 Å². The van der Waals surface area contributed by atoms with Gasteiger partial charge in [0.1, 0.15) is 11.9 Å². The molecule has 1 heterocycles. The molecule has 248 valence electrons. The molecule has 0 spiro atoms. The maximum atomic E-state index is 6.89. The number of aryl methyl sites for hydroxylation is 1. The van der Waals surface area contributed by atoms with Crippen molar-refractivity contribution in [2.45, 2.75) is 121 Å². The summed E-state index contributed by atoms with van der Waals surface area (Å²) in [6.07, 6.45) is 14.7. The zero-order valence-electron chi connectivity index (χ0n) is 31.3. The molecule has 2 aromatic carbocycles. The second kappa shape index (κ2) is 22.1. The molecule has 0 saturated heterocycles. The fraction of sp³-hybridized carbons (Fsp3) is 0.442. The number of anilines is 1. The second-order valence-corrected chi connectivity index (χ2v) is 10.4. The highest BCUT2D eigenvalue weighted by Crippen LogP contribution is 2.48. The van der Waals surface area contributed by atoms with Gasteiger partial charge in [0, 0.05) is 23.3 Å². The smallest absolute Gasteiger partial charge is 0.149 e. The molecule has 0 aromatic heterocycles. The van der Waals surface area contributed by atoms with E-state index in [1.165, 1.54) is 33.7 Å². The van der Waals surface area contributed by atoms with Crippen LogP contribution in [-0.2, 0) is 10.2 Å². The Hall–Kier alpha value is -3.52. The van der Waals surface area contributed by atoms with Crippen LogP contribution < -0.4 is 4.90 Å². The molecule has 2 nitrogen and oxygen atoms in total. The summed E-state index contributed by atoms with van der Waals surface area (Å²) in [5.41, 5.74) is 10.0. The van der Waals surface area contributed by atoms with Crippen LogP contribution in [0.3, 0.4) is 0 Å². The van der Waals surface area contributed by atoms with Gasteiger partial charge in [0.05, 0.1) is 0 Å². The van der Waals surface area contributed by atoms with Gasteiger partial charge in [0.15, 0.2) is 0 Å². The first-order valence-corrected chi connectivity index (χ1v) is 17.5. The van der Waals surface area contributed by atoms with E-state index in [9.17, 15) is 0 Å². The zero-order valence-corrected chi connectivity index (χ0v) is 31.3. The number of ether oxygens (including phenoxy) is 1. The van der Waals surface area contributed by atoms with Gasteiger partial charge in [-0.2, -0.15) is 0 Å². The monoisotopic (exact) mass is 612 g/mol. The molecule has 4 rings (SSSR count). The largest absolute Gasteiger partial charge is 0.480 e. The minimum atomic E-state index is -0.177. The van der Waals surface area contributed by atoms with Crippen molar-refractivity contribution in [1.29, 1.82) is 0 Å². The van der Waals surface area contributed by atoms with Gasteiger partial charge >= 0.3 is 0 Å². The number of fused-ring (bicyclic) bond motifs is 1. The first kappa shape index (κ1) is 41.5. The Morgan fingerprint density at radius 3 is 2.07 bits per heavy atom. The van der Waals surface area contributed by atoms with E-state index in [2.05, 4.69) is 132 Å². The van der Waals surface area contributed by atoms with Gasteiger partial charge in [-0.1, -0.05) is 154 Å². The average Bonchev–Trinajstić information content (AvgIpc) is 3.58. The maximum Gasteiger partial charge on any atom is 0.149 e. The van der Waals surface area contributed by atoms with Crippen LogP contribution in [0.15, 0.2) is 120 Å². The topological polar surface area (TPSA) is 12.5 Å². The molecule has 0 fully saturated rings. The van der Waals surface area contributed by atoms with E-state index in [4.69, 9.17) is 4.74 Å². The third-order valence-electron chi connectivity index (χ3n) is 7.63. The molecule has 1 aliphatic carbocycles. The minimum absolute atomic E-state index is 0.0599. The SMILES string of the molecule is C=CC1=C(OC(C(/C=C\C)=C/C)c2ccccc2)/C(=C/C=C2/N(CC)c3ccc(C)cc3C2(C)C)CC1.CC.CC.CC.CC. The summed E-state index contributed by atoms with van der Waals surface area (Å²) in [5.74, 6) is 0.969. The Kier molecular flexibility index (Phi) is 20.3. The standard InChI is InChI=1S/C35H41NO.4C2H6/c1-8-15-26(9-2)33(28-16-13-12-14-17-28)37-34-27(10-3)19-20-29(34)21-23-32-35(6,7)30-24-25(5)18-22-31(30)36(32)11-4;4*1-2/h8-10,12-18,21-24,33H,3,11,19-20H2,1-2,4-7H3;4*1-2H3/b15-8-,26-9+,29-21+,32-23+;;;;. The summed E-state index contributed by atoms with van der Waals surface area (Å²) in [6, 6.07) is 17.3. The van der Waals surface area contributed by atoms with Crippen molar-refractivity contribution in [3.05, 3.63) is 136 Å². The molecule has 2 aliphatic rings. The van der Waals surface area contributed by atoms with E-state index in [0.717, 1.165) is 36.3 Å². The van der Waals surface area contributed by atoms with Crippen LogP contribution in [0, 0.1) is 6.92 Å². The molecular weight excluding hydrogens is 546 g/mol. The van der Waals surface area contributed by atoms with Crippen molar-refractivity contribution in [3.63, 3.8) is 0 Å². The van der Waals surface area contributed by atoms with Gasteiger partial charge in [-0.25, -0.2) is 0 Å². The van der Waals surface area contributed by atoms with Gasteiger partial charge in [-0.15, -0.1) is 0 Å². The molecule has 0 N–H and O–H groups in total. The lowest BCUT2D eigenvalue weighted by Gasteiger charge is -2.26. The van der Waals surface area contributed by atoms with Crippen molar-refractivity contribution < 1.29 is 4.74 Å². The third kappa shape index (κ3) is 10.2. The summed E-state index contributed by atoms with van der Waals surface area (Å²) in [7, 11) is 0. The van der Waals surface area contributed by atoms with Gasteiger partial charge in [-0.3, -0.25) is 0 Å². The molecule has 0 radical (unpaired) electrons. The van der Waals surface area contributed by atoms with Crippen LogP contribution in [0.4, 0.5) is 5.69 Å². The number of rotatable bonds is 8. The molecular formula is C43H65NO. The molecule has 1 atom stereocenters. The number of hydrogen-bond acceptors (Lipinski definition) is 2. The number of benzene rings is 2. The predicted molar refractivity (Wildman–Crippen MR) is 204 cm³/mol. The van der Waals surface area contributed by atoms with E-state index < -0.39 is 0 Å². The van der Waals surface area contributed by atoms with Crippen LogP contribution >= 0.6 is 0 Å². The first-order chi connectivity index (χ1) is 21.8. The first-order valence-electron chi connectivity index (χ1n) is 17.5. The summed E-state index contributed by atoms with van der Waals surface area (Å²) < 4.78 is 6.89. The van der Waals surface area contributed by atoms with Gasteiger partial charge < -0.3 is 9.64 Å². The molecule has 1 unspecified atom stereocenters. The van der Waals surface area contributed by atoms with E-state index in [1.807, 2.05) is 61.5 Å². The zero-order chi connectivity index (χ0) is 34.6. The van der Waals surface area contributed by atoms with Gasteiger partial charge in [0.25, 0.3) is 0 Å². The molecule has 1 aliphatic heterocycles. The quantitative estimate of drug-likeness (QED) is 0.275. The summed E-state index contributed by atoms with van der Waals surface area (Å²) in [4.78, 5) is 2.45. The van der Waals surface area contributed by atoms with Crippen molar-refractivity contribution in [3.8, 4) is 0 Å². The lowest BCUT2D eigenvalue weighted by molar-refractivity contribution is 0.156. The van der Waals surface area contributed by atoms with E-state index >= 15 is 0 Å². The summed E-state index contributed by atoms with van der Waals surface area (Å²) >= 11 is 0. The summed E-state index contributed by atoms with van der Waals surface area (Å²) in [6.45, 7) is 34.3. The fourth-order valence-corrected chi connectivity index (χ4v) is 5.62. The number of likely N-dealkylation sites (N-methyl/N-ethyl adjacent to an activating group) is 1. The van der Waals surface area contributed by atoms with Crippen LogP contribution in [0.2, 0.25) is 0 Å². The van der Waals surface area contributed by atoms with E-state index in [0.29, 0.717) is 0 Å². The summed E-state index contributed by atoms with van der Waals surface area (Å²) in [5, 5.41) is 0. The Morgan fingerprint density at radius 2 is 1.53 bits per heavy atom. The van der Waals surface area contributed by atoms with Crippen molar-refractivity contribution >= 4 is 5.69 Å². The predicted octanol–water partition coefficient (Wildman–Crippen LogP) is 13.5. The average molecular weight is 612 g/mol. The molecule has 0 saturated carbocycles.